The van der Waals surface area contributed by atoms with Crippen LogP contribution < -0.4 is 9.47 Å². The van der Waals surface area contributed by atoms with Crippen molar-refractivity contribution in [3.8, 4) is 11.5 Å². The number of halogens is 6. The van der Waals surface area contributed by atoms with E-state index in [2.05, 4.69) is 160 Å². The fourth-order valence-electron chi connectivity index (χ4n) is 8.54. The standard InChI is InChI=1S/C56H88I6O6/c57-47-43-49(59)55(50(60)44-47)67-39-35-31-27-23-19-15-11-7-3-1-5-9-13-17-21-25-29-33-37-53(63)65-41-42-66-54(64)38-34-30-26-22-18-14-10-6-2-4-8-12-16-20-24-28-32-36-40-68-56-51(61)45-48(58)46-52(56)62/h43-46H,1-42H2. The van der Waals surface area contributed by atoms with E-state index in [0.29, 0.717) is 12.8 Å². The zero-order valence-corrected chi connectivity index (χ0v) is 54.7. The van der Waals surface area contributed by atoms with Gasteiger partial charge in [0.05, 0.1) is 27.5 Å². The number of benzene rings is 2. The number of carbonyl (C=O) groups excluding carboxylic acids is 2. The van der Waals surface area contributed by atoms with Crippen molar-refractivity contribution in [2.75, 3.05) is 26.4 Å². The summed E-state index contributed by atoms with van der Waals surface area (Å²) in [6.45, 7) is 1.99. The maximum Gasteiger partial charge on any atom is 0.305 e. The van der Waals surface area contributed by atoms with Crippen LogP contribution in [-0.4, -0.2) is 38.4 Å². The van der Waals surface area contributed by atoms with Crippen molar-refractivity contribution in [1.29, 1.82) is 0 Å². The van der Waals surface area contributed by atoms with Crippen LogP contribution in [0.4, 0.5) is 0 Å². The van der Waals surface area contributed by atoms with Gasteiger partial charge in [-0.1, -0.05) is 205 Å². The first-order valence-electron chi connectivity index (χ1n) is 27.0. The Bertz CT molecular complexity index is 1400. The topological polar surface area (TPSA) is 71.1 Å². The first kappa shape index (κ1) is 65.5. The fraction of sp³-hybridized carbons (Fsp3) is 0.750. The molecule has 12 heteroatoms. The molecule has 6 nitrogen and oxygen atoms in total. The maximum absolute atomic E-state index is 12.1. The van der Waals surface area contributed by atoms with Gasteiger partial charge in [-0.05, 0) is 185 Å². The minimum Gasteiger partial charge on any atom is -0.491 e. The number of unbranched alkanes of at least 4 members (excludes halogenated alkanes) is 34. The van der Waals surface area contributed by atoms with E-state index in [9.17, 15) is 9.59 Å². The number of hydrogen-bond acceptors (Lipinski definition) is 6. The molecule has 2 rings (SSSR count). The van der Waals surface area contributed by atoms with E-state index in [4.69, 9.17) is 18.9 Å². The van der Waals surface area contributed by atoms with E-state index in [-0.39, 0.29) is 25.2 Å². The van der Waals surface area contributed by atoms with Crippen LogP contribution in [0.2, 0.25) is 0 Å². The van der Waals surface area contributed by atoms with Crippen LogP contribution in [0.1, 0.15) is 244 Å². The van der Waals surface area contributed by atoms with Gasteiger partial charge in [0.2, 0.25) is 0 Å². The van der Waals surface area contributed by atoms with Gasteiger partial charge in [0, 0.05) is 20.0 Å². The van der Waals surface area contributed by atoms with Crippen molar-refractivity contribution >= 4 is 147 Å². The lowest BCUT2D eigenvalue weighted by molar-refractivity contribution is -0.152. The highest BCUT2D eigenvalue weighted by Crippen LogP contribution is 2.31. The van der Waals surface area contributed by atoms with Crippen molar-refractivity contribution in [1.82, 2.24) is 0 Å². The Morgan fingerprint density at radius 3 is 0.691 bits per heavy atom. The van der Waals surface area contributed by atoms with Gasteiger partial charge in [-0.2, -0.15) is 0 Å². The highest BCUT2D eigenvalue weighted by atomic mass is 127. The molecule has 0 aliphatic heterocycles. The quantitative estimate of drug-likeness (QED) is 0.0374. The van der Waals surface area contributed by atoms with E-state index < -0.39 is 0 Å². The van der Waals surface area contributed by atoms with Gasteiger partial charge in [0.1, 0.15) is 24.7 Å². The Balaban J connectivity index is 1.19. The average Bonchev–Trinajstić information content (AvgIpc) is 3.30. The number of rotatable bonds is 47. The minimum absolute atomic E-state index is 0.169. The first-order valence-corrected chi connectivity index (χ1v) is 33.5. The summed E-state index contributed by atoms with van der Waals surface area (Å²) in [4.78, 5) is 24.2. The van der Waals surface area contributed by atoms with Gasteiger partial charge in [-0.15, -0.1) is 0 Å². The monoisotopic (exact) mass is 1620 g/mol. The minimum atomic E-state index is -0.171. The Labute approximate surface area is 497 Å². The van der Waals surface area contributed by atoms with Crippen molar-refractivity contribution in [2.45, 2.75) is 244 Å². The highest BCUT2D eigenvalue weighted by molar-refractivity contribution is 14.1. The summed E-state index contributed by atoms with van der Waals surface area (Å²) in [6, 6.07) is 8.73. The van der Waals surface area contributed by atoms with Crippen LogP contribution in [0.25, 0.3) is 0 Å². The lowest BCUT2D eigenvalue weighted by atomic mass is 10.0. The summed E-state index contributed by atoms with van der Waals surface area (Å²) in [7, 11) is 0. The largest absolute Gasteiger partial charge is 0.491 e. The number of hydrogen-bond donors (Lipinski definition) is 0. The van der Waals surface area contributed by atoms with Crippen LogP contribution in [-0.2, 0) is 19.1 Å². The number of carbonyl (C=O) groups is 2. The fourth-order valence-corrected chi connectivity index (χ4v) is 16.3. The second-order valence-electron chi connectivity index (χ2n) is 18.8. The lowest BCUT2D eigenvalue weighted by Gasteiger charge is -2.11. The summed E-state index contributed by atoms with van der Waals surface area (Å²) in [5.41, 5.74) is 0. The molecule has 0 bridgehead atoms. The van der Waals surface area contributed by atoms with Gasteiger partial charge in [-0.25, -0.2) is 0 Å². The van der Waals surface area contributed by atoms with E-state index in [0.717, 1.165) is 63.2 Å². The van der Waals surface area contributed by atoms with Crippen molar-refractivity contribution in [3.05, 3.63) is 45.7 Å². The van der Waals surface area contributed by atoms with Crippen LogP contribution in [0.15, 0.2) is 24.3 Å². The van der Waals surface area contributed by atoms with Gasteiger partial charge < -0.3 is 18.9 Å². The molecule has 0 heterocycles. The van der Waals surface area contributed by atoms with Crippen LogP contribution >= 0.6 is 136 Å². The molecule has 0 aliphatic carbocycles. The van der Waals surface area contributed by atoms with Gasteiger partial charge >= 0.3 is 11.9 Å². The van der Waals surface area contributed by atoms with Gasteiger partial charge in [0.15, 0.2) is 0 Å². The third kappa shape index (κ3) is 38.0. The molecule has 0 fully saturated rings. The molecule has 0 N–H and O–H groups in total. The first-order chi connectivity index (χ1) is 33.2. The number of ether oxygens (including phenoxy) is 4. The number of esters is 2. The molecule has 0 saturated carbocycles. The van der Waals surface area contributed by atoms with Crippen LogP contribution in [0, 0.1) is 21.4 Å². The lowest BCUT2D eigenvalue weighted by Crippen LogP contribution is -2.13. The van der Waals surface area contributed by atoms with Crippen molar-refractivity contribution in [2.24, 2.45) is 0 Å². The van der Waals surface area contributed by atoms with Crippen molar-refractivity contribution in [3.63, 3.8) is 0 Å². The smallest absolute Gasteiger partial charge is 0.305 e. The molecule has 0 amide bonds. The third-order valence-corrected chi connectivity index (χ3v) is 17.0. The molecule has 0 spiro atoms. The van der Waals surface area contributed by atoms with E-state index in [1.807, 2.05) is 0 Å². The van der Waals surface area contributed by atoms with Crippen molar-refractivity contribution < 1.29 is 28.5 Å². The summed E-state index contributed by atoms with van der Waals surface area (Å²) >= 11 is 14.2. The SMILES string of the molecule is O=C(CCCCCCCCCCCCCCCCCCCCOc1c(I)cc(I)cc1I)OCCOC(=O)CCCCCCCCCCCCCCCCCCCCOc1c(I)cc(I)cc1I. The Hall–Kier alpha value is 1.36. The Kier molecular flexibility index (Phi) is 45.1. The third-order valence-electron chi connectivity index (χ3n) is 12.6. The molecule has 0 aromatic heterocycles. The zero-order valence-electron chi connectivity index (χ0n) is 41.7. The molecular formula is C56H88I6O6. The predicted octanol–water partition coefficient (Wildman–Crippen LogP) is 20.7. The molecule has 0 saturated heterocycles. The molecule has 390 valence electrons. The van der Waals surface area contributed by atoms with Gasteiger partial charge in [-0.3, -0.25) is 9.59 Å². The molecular weight excluding hydrogens is 1530 g/mol. The molecule has 0 unspecified atom stereocenters. The summed E-state index contributed by atoms with van der Waals surface area (Å²) in [6.07, 6.45) is 47.4. The molecule has 2 aromatic rings. The van der Waals surface area contributed by atoms with E-state index in [1.165, 1.54) is 214 Å². The molecule has 0 atom stereocenters. The van der Waals surface area contributed by atoms with Crippen LogP contribution in [0.3, 0.4) is 0 Å². The summed E-state index contributed by atoms with van der Waals surface area (Å²) < 4.78 is 30.1. The Morgan fingerprint density at radius 2 is 0.471 bits per heavy atom. The second kappa shape index (κ2) is 46.9. The molecule has 68 heavy (non-hydrogen) atoms. The normalized spacial score (nSPS) is 11.3. The van der Waals surface area contributed by atoms with Gasteiger partial charge in [0.25, 0.3) is 0 Å². The summed E-state index contributed by atoms with van der Waals surface area (Å²) in [5.74, 6) is 1.77. The molecule has 2 aromatic carbocycles. The second-order valence-corrected chi connectivity index (χ2v) is 25.9. The Morgan fingerprint density at radius 1 is 0.279 bits per heavy atom. The van der Waals surface area contributed by atoms with Crippen LogP contribution in [0.5, 0.6) is 11.5 Å². The van der Waals surface area contributed by atoms with E-state index in [1.54, 1.807) is 0 Å². The highest BCUT2D eigenvalue weighted by Gasteiger charge is 2.10. The summed E-state index contributed by atoms with van der Waals surface area (Å²) in [5, 5.41) is 0. The van der Waals surface area contributed by atoms with E-state index >= 15 is 0 Å². The molecule has 0 radical (unpaired) electrons. The average molecular weight is 1620 g/mol. The zero-order chi connectivity index (χ0) is 49.1. The molecule has 0 aliphatic rings. The predicted molar refractivity (Wildman–Crippen MR) is 338 cm³/mol. The maximum atomic E-state index is 12.1.